The van der Waals surface area contributed by atoms with Crippen molar-refractivity contribution < 1.29 is 18.0 Å². The van der Waals surface area contributed by atoms with Crippen molar-refractivity contribution in [3.8, 4) is 0 Å². The highest BCUT2D eigenvalue weighted by atomic mass is 19.4. The number of fused-ring (bicyclic) bond motifs is 1. The van der Waals surface area contributed by atoms with Crippen LogP contribution in [0.5, 0.6) is 0 Å². The Hall–Kier alpha value is -2.58. The molecule has 1 atom stereocenters. The van der Waals surface area contributed by atoms with Crippen molar-refractivity contribution in [2.75, 3.05) is 38.0 Å². The predicted molar refractivity (Wildman–Crippen MR) is 130 cm³/mol. The lowest BCUT2D eigenvalue weighted by atomic mass is 9.97. The Labute approximate surface area is 204 Å². The summed E-state index contributed by atoms with van der Waals surface area (Å²) in [6.07, 6.45) is -0.0961. The molecule has 1 saturated carbocycles. The summed E-state index contributed by atoms with van der Waals surface area (Å²) >= 11 is 0. The molecule has 2 aliphatic heterocycles. The maximum atomic E-state index is 13.6. The van der Waals surface area contributed by atoms with E-state index in [0.717, 1.165) is 50.1 Å². The highest BCUT2D eigenvalue weighted by molar-refractivity contribution is 5.81. The SMILES string of the molecule is O=C(CNc1cccc2c1CCN(CC1CC1)C2)N(Cc1ccccc1C(F)(F)F)C1CCNC1. The summed E-state index contributed by atoms with van der Waals surface area (Å²) in [5.41, 5.74) is 2.97. The fraction of sp³-hybridized carbons (Fsp3) is 0.519. The van der Waals surface area contributed by atoms with Gasteiger partial charge in [0.1, 0.15) is 0 Å². The smallest absolute Gasteiger partial charge is 0.376 e. The topological polar surface area (TPSA) is 47.6 Å². The molecule has 2 heterocycles. The molecule has 5 nitrogen and oxygen atoms in total. The molecule has 2 aromatic rings. The molecule has 3 aliphatic rings. The van der Waals surface area contributed by atoms with E-state index in [1.54, 1.807) is 11.0 Å². The third-order valence-corrected chi connectivity index (χ3v) is 7.45. The Morgan fingerprint density at radius 2 is 1.94 bits per heavy atom. The summed E-state index contributed by atoms with van der Waals surface area (Å²) in [4.78, 5) is 17.5. The van der Waals surface area contributed by atoms with Gasteiger partial charge in [-0.3, -0.25) is 9.69 Å². The van der Waals surface area contributed by atoms with E-state index in [-0.39, 0.29) is 30.6 Å². The first-order valence-electron chi connectivity index (χ1n) is 12.6. The number of nitrogens with one attached hydrogen (secondary N) is 2. The largest absolute Gasteiger partial charge is 0.416 e. The number of carbonyl (C=O) groups is 1. The van der Waals surface area contributed by atoms with E-state index in [0.29, 0.717) is 6.54 Å². The number of nitrogens with zero attached hydrogens (tertiary/aromatic N) is 2. The first kappa shape index (κ1) is 24.1. The standard InChI is InChI=1S/C27H33F3N4O/c28-27(29,30)24-6-2-1-4-21(24)18-34(22-10-12-31-14-22)26(35)15-32-25-7-3-5-20-17-33(13-11-23(20)25)16-19-8-9-19/h1-7,19,22,31-32H,8-18H2. The molecule has 0 bridgehead atoms. The summed E-state index contributed by atoms with van der Waals surface area (Å²) in [5.74, 6) is 0.675. The summed E-state index contributed by atoms with van der Waals surface area (Å²) in [5, 5.41) is 6.56. The van der Waals surface area contributed by atoms with Crippen molar-refractivity contribution in [2.24, 2.45) is 5.92 Å². The highest BCUT2D eigenvalue weighted by Crippen LogP contribution is 2.34. The van der Waals surface area contributed by atoms with Crippen LogP contribution in [0.1, 0.15) is 41.5 Å². The third kappa shape index (κ3) is 5.81. The van der Waals surface area contributed by atoms with Gasteiger partial charge in [0.15, 0.2) is 0 Å². The maximum Gasteiger partial charge on any atom is 0.416 e. The number of benzene rings is 2. The zero-order valence-corrected chi connectivity index (χ0v) is 19.9. The van der Waals surface area contributed by atoms with Gasteiger partial charge < -0.3 is 15.5 Å². The molecule has 1 amide bonds. The van der Waals surface area contributed by atoms with Crippen LogP contribution < -0.4 is 10.6 Å². The highest BCUT2D eigenvalue weighted by Gasteiger charge is 2.35. The second-order valence-corrected chi connectivity index (χ2v) is 10.0. The average molecular weight is 487 g/mol. The van der Waals surface area contributed by atoms with Gasteiger partial charge in [-0.25, -0.2) is 0 Å². The number of rotatable bonds is 8. The van der Waals surface area contributed by atoms with Crippen molar-refractivity contribution in [1.82, 2.24) is 15.1 Å². The van der Waals surface area contributed by atoms with Crippen molar-refractivity contribution in [3.05, 3.63) is 64.7 Å². The molecule has 5 rings (SSSR count). The van der Waals surface area contributed by atoms with Gasteiger partial charge in [-0.2, -0.15) is 13.2 Å². The Kier molecular flexibility index (Phi) is 7.02. The number of amides is 1. The second kappa shape index (κ2) is 10.2. The Bertz CT molecular complexity index is 1050. The van der Waals surface area contributed by atoms with E-state index >= 15 is 0 Å². The first-order valence-corrected chi connectivity index (χ1v) is 12.6. The minimum atomic E-state index is -4.45. The maximum absolute atomic E-state index is 13.6. The fourth-order valence-corrected chi connectivity index (χ4v) is 5.37. The lowest BCUT2D eigenvalue weighted by Crippen LogP contribution is -2.44. The van der Waals surface area contributed by atoms with Crippen LogP contribution >= 0.6 is 0 Å². The Morgan fingerprint density at radius 3 is 2.69 bits per heavy atom. The molecule has 2 aromatic carbocycles. The van der Waals surface area contributed by atoms with Crippen LogP contribution in [0.25, 0.3) is 0 Å². The van der Waals surface area contributed by atoms with E-state index in [2.05, 4.69) is 21.6 Å². The lowest BCUT2D eigenvalue weighted by Gasteiger charge is -2.31. The zero-order valence-electron chi connectivity index (χ0n) is 19.9. The molecule has 8 heteroatoms. The quantitative estimate of drug-likeness (QED) is 0.585. The van der Waals surface area contributed by atoms with Crippen molar-refractivity contribution in [3.63, 3.8) is 0 Å². The van der Waals surface area contributed by atoms with Gasteiger partial charge in [-0.15, -0.1) is 0 Å². The predicted octanol–water partition coefficient (Wildman–Crippen LogP) is 4.28. The van der Waals surface area contributed by atoms with Gasteiger partial charge in [-0.05, 0) is 67.0 Å². The van der Waals surface area contributed by atoms with Crippen LogP contribution in [0, 0.1) is 5.92 Å². The van der Waals surface area contributed by atoms with Gasteiger partial charge in [0.25, 0.3) is 0 Å². The van der Waals surface area contributed by atoms with E-state index in [1.165, 1.54) is 42.6 Å². The van der Waals surface area contributed by atoms with Gasteiger partial charge in [0.05, 0.1) is 12.1 Å². The molecule has 0 aromatic heterocycles. The third-order valence-electron chi connectivity index (χ3n) is 7.45. The summed E-state index contributed by atoms with van der Waals surface area (Å²) in [7, 11) is 0. The Balaban J connectivity index is 1.28. The summed E-state index contributed by atoms with van der Waals surface area (Å²) in [6, 6.07) is 11.6. The monoisotopic (exact) mass is 486 g/mol. The molecule has 0 spiro atoms. The molecule has 1 unspecified atom stereocenters. The minimum absolute atomic E-state index is 0.0500. The number of hydrogen-bond donors (Lipinski definition) is 2. The molecule has 188 valence electrons. The Morgan fingerprint density at radius 1 is 1.11 bits per heavy atom. The summed E-state index contributed by atoms with van der Waals surface area (Å²) in [6.45, 7) is 4.48. The molecular formula is C27H33F3N4O. The minimum Gasteiger partial charge on any atom is -0.376 e. The van der Waals surface area contributed by atoms with Crippen LogP contribution in [0.2, 0.25) is 0 Å². The normalized spacial score (nSPS) is 20.5. The van der Waals surface area contributed by atoms with Gasteiger partial charge >= 0.3 is 6.18 Å². The summed E-state index contributed by atoms with van der Waals surface area (Å²) < 4.78 is 40.7. The van der Waals surface area contributed by atoms with E-state index in [9.17, 15) is 18.0 Å². The number of alkyl halides is 3. The zero-order chi connectivity index (χ0) is 24.4. The van der Waals surface area contributed by atoms with Crippen LogP contribution in [0.3, 0.4) is 0 Å². The average Bonchev–Trinajstić information content (AvgIpc) is 3.49. The molecule has 2 fully saturated rings. The van der Waals surface area contributed by atoms with Crippen LogP contribution in [-0.4, -0.2) is 54.5 Å². The number of hydrogen-bond acceptors (Lipinski definition) is 4. The van der Waals surface area contributed by atoms with E-state index < -0.39 is 11.7 Å². The number of anilines is 1. The van der Waals surface area contributed by atoms with Crippen molar-refractivity contribution in [2.45, 2.75) is 51.0 Å². The number of halogens is 3. The molecular weight excluding hydrogens is 453 g/mol. The molecule has 1 saturated heterocycles. The van der Waals surface area contributed by atoms with Gasteiger partial charge in [-0.1, -0.05) is 30.3 Å². The molecule has 35 heavy (non-hydrogen) atoms. The molecule has 2 N–H and O–H groups in total. The van der Waals surface area contributed by atoms with Gasteiger partial charge in [0, 0.05) is 44.5 Å². The van der Waals surface area contributed by atoms with Gasteiger partial charge in [0.2, 0.25) is 5.91 Å². The molecule has 0 radical (unpaired) electrons. The van der Waals surface area contributed by atoms with Crippen LogP contribution in [0.15, 0.2) is 42.5 Å². The van der Waals surface area contributed by atoms with E-state index in [1.807, 2.05) is 12.1 Å². The van der Waals surface area contributed by atoms with Crippen LogP contribution in [0.4, 0.5) is 18.9 Å². The first-order chi connectivity index (χ1) is 16.9. The van der Waals surface area contributed by atoms with Crippen molar-refractivity contribution >= 4 is 11.6 Å². The van der Waals surface area contributed by atoms with Crippen molar-refractivity contribution in [1.29, 1.82) is 0 Å². The fourth-order valence-electron chi connectivity index (χ4n) is 5.37. The number of carbonyl (C=O) groups excluding carboxylic acids is 1. The lowest BCUT2D eigenvalue weighted by molar-refractivity contribution is -0.140. The second-order valence-electron chi connectivity index (χ2n) is 10.0. The van der Waals surface area contributed by atoms with E-state index in [4.69, 9.17) is 0 Å². The molecule has 1 aliphatic carbocycles. The van der Waals surface area contributed by atoms with Crippen LogP contribution in [-0.2, 0) is 30.5 Å².